The zero-order chi connectivity index (χ0) is 22.3. The molecular formula is C24H33N3O4. The van der Waals surface area contributed by atoms with Gasteiger partial charge < -0.3 is 9.64 Å². The summed E-state index contributed by atoms with van der Waals surface area (Å²) in [5, 5.41) is 2.35. The highest BCUT2D eigenvalue weighted by molar-refractivity contribution is 6.05. The molecule has 168 valence electrons. The number of carbonyl (C=O) groups is 3. The Balaban J connectivity index is 1.49. The summed E-state index contributed by atoms with van der Waals surface area (Å²) >= 11 is 0. The number of fused-ring (bicyclic) bond motifs is 1. The van der Waals surface area contributed by atoms with E-state index >= 15 is 0 Å². The van der Waals surface area contributed by atoms with Crippen LogP contribution in [-0.4, -0.2) is 58.8 Å². The van der Waals surface area contributed by atoms with Gasteiger partial charge in [0.1, 0.15) is 17.9 Å². The second-order valence-corrected chi connectivity index (χ2v) is 9.82. The molecular weight excluding hydrogens is 394 g/mol. The van der Waals surface area contributed by atoms with Gasteiger partial charge in [0, 0.05) is 36.5 Å². The number of likely N-dealkylation sites (tertiary alicyclic amines) is 1. The van der Waals surface area contributed by atoms with Gasteiger partial charge in [0.15, 0.2) is 0 Å². The molecule has 0 bridgehead atoms. The minimum Gasteiger partial charge on any atom is -0.489 e. The first-order chi connectivity index (χ1) is 14.7. The van der Waals surface area contributed by atoms with Gasteiger partial charge in [-0.15, -0.1) is 0 Å². The molecule has 0 saturated carbocycles. The Labute approximate surface area is 184 Å². The van der Waals surface area contributed by atoms with Crippen LogP contribution < -0.4 is 10.1 Å². The van der Waals surface area contributed by atoms with Gasteiger partial charge in [-0.05, 0) is 56.5 Å². The van der Waals surface area contributed by atoms with Crippen molar-refractivity contribution in [2.75, 3.05) is 13.1 Å². The fraction of sp³-hybridized carbons (Fsp3) is 0.625. The number of nitrogens with zero attached hydrogens (tertiary/aromatic N) is 2. The van der Waals surface area contributed by atoms with Crippen LogP contribution in [-0.2, 0) is 16.1 Å². The van der Waals surface area contributed by atoms with Gasteiger partial charge in [-0.3, -0.25) is 24.6 Å². The third-order valence-electron chi connectivity index (χ3n) is 7.30. The van der Waals surface area contributed by atoms with Crippen LogP contribution in [0, 0.1) is 5.41 Å². The van der Waals surface area contributed by atoms with E-state index in [1.54, 1.807) is 11.0 Å². The standard InChI is InChI=1S/C24H33N3O4/c1-5-15(2)26-11-10-24(3,4)20(14-26)31-17-6-7-18-16(12-17)13-27(23(18)30)19-8-9-21(28)25-22(19)29/h6-7,12,15,19-20H,5,8-11,13-14H2,1-4H3,(H,25,28,29). The van der Waals surface area contributed by atoms with E-state index in [2.05, 4.69) is 37.9 Å². The molecule has 3 atom stereocenters. The third-order valence-corrected chi connectivity index (χ3v) is 7.30. The van der Waals surface area contributed by atoms with Gasteiger partial charge in [-0.2, -0.15) is 0 Å². The minimum atomic E-state index is -0.594. The average molecular weight is 428 g/mol. The van der Waals surface area contributed by atoms with E-state index in [1.165, 1.54) is 0 Å². The summed E-state index contributed by atoms with van der Waals surface area (Å²) in [5.74, 6) is -0.0525. The molecule has 1 aromatic rings. The molecule has 7 nitrogen and oxygen atoms in total. The second-order valence-electron chi connectivity index (χ2n) is 9.82. The van der Waals surface area contributed by atoms with Gasteiger partial charge in [-0.1, -0.05) is 20.8 Å². The maximum Gasteiger partial charge on any atom is 0.255 e. The maximum atomic E-state index is 12.9. The van der Waals surface area contributed by atoms with Crippen molar-refractivity contribution in [1.29, 1.82) is 0 Å². The first-order valence-electron chi connectivity index (χ1n) is 11.4. The first-order valence-corrected chi connectivity index (χ1v) is 11.4. The van der Waals surface area contributed by atoms with Crippen molar-refractivity contribution in [3.05, 3.63) is 29.3 Å². The molecule has 2 fully saturated rings. The highest BCUT2D eigenvalue weighted by Gasteiger charge is 2.40. The number of imide groups is 1. The van der Waals surface area contributed by atoms with Crippen molar-refractivity contribution in [3.8, 4) is 5.75 Å². The zero-order valence-corrected chi connectivity index (χ0v) is 18.9. The molecule has 0 spiro atoms. The lowest BCUT2D eigenvalue weighted by Crippen LogP contribution is -2.53. The van der Waals surface area contributed by atoms with E-state index in [1.807, 2.05) is 12.1 Å². The summed E-state index contributed by atoms with van der Waals surface area (Å²) in [4.78, 5) is 40.7. The van der Waals surface area contributed by atoms with Crippen LogP contribution in [0.3, 0.4) is 0 Å². The minimum absolute atomic E-state index is 0.0663. The van der Waals surface area contributed by atoms with E-state index in [9.17, 15) is 14.4 Å². The van der Waals surface area contributed by atoms with E-state index in [0.29, 0.717) is 24.6 Å². The zero-order valence-electron chi connectivity index (χ0n) is 18.9. The summed E-state index contributed by atoms with van der Waals surface area (Å²) in [7, 11) is 0. The van der Waals surface area contributed by atoms with E-state index in [0.717, 1.165) is 37.2 Å². The van der Waals surface area contributed by atoms with Crippen LogP contribution in [0.5, 0.6) is 5.75 Å². The molecule has 3 aliphatic heterocycles. The number of benzene rings is 1. The average Bonchev–Trinajstić information content (AvgIpc) is 3.04. The van der Waals surface area contributed by atoms with Gasteiger partial charge in [0.05, 0.1) is 0 Å². The third kappa shape index (κ3) is 4.20. The van der Waals surface area contributed by atoms with Crippen molar-refractivity contribution >= 4 is 17.7 Å². The molecule has 31 heavy (non-hydrogen) atoms. The molecule has 0 aromatic heterocycles. The maximum absolute atomic E-state index is 12.9. The van der Waals surface area contributed by atoms with E-state index < -0.39 is 6.04 Å². The molecule has 4 rings (SSSR count). The topological polar surface area (TPSA) is 79.0 Å². The number of hydrogen-bond acceptors (Lipinski definition) is 5. The van der Waals surface area contributed by atoms with Crippen molar-refractivity contribution in [3.63, 3.8) is 0 Å². The second kappa shape index (κ2) is 8.26. The molecule has 3 amide bonds. The molecule has 2 saturated heterocycles. The number of amides is 3. The Morgan fingerprint density at radius 2 is 2.03 bits per heavy atom. The summed E-state index contributed by atoms with van der Waals surface area (Å²) in [6.07, 6.45) is 2.89. The summed E-state index contributed by atoms with van der Waals surface area (Å²) in [6, 6.07) is 5.55. The molecule has 3 heterocycles. The van der Waals surface area contributed by atoms with Crippen LogP contribution in [0.1, 0.15) is 69.3 Å². The predicted octanol–water partition coefficient (Wildman–Crippen LogP) is 2.73. The molecule has 3 aliphatic rings. The van der Waals surface area contributed by atoms with Crippen LogP contribution in [0.4, 0.5) is 0 Å². The molecule has 0 aliphatic carbocycles. The summed E-state index contributed by atoms with van der Waals surface area (Å²) in [5.41, 5.74) is 1.55. The predicted molar refractivity (Wildman–Crippen MR) is 117 cm³/mol. The van der Waals surface area contributed by atoms with Gasteiger partial charge >= 0.3 is 0 Å². The largest absolute Gasteiger partial charge is 0.489 e. The highest BCUT2D eigenvalue weighted by Crippen LogP contribution is 2.36. The molecule has 3 unspecified atom stereocenters. The van der Waals surface area contributed by atoms with Gasteiger partial charge in [0.25, 0.3) is 5.91 Å². The number of hydrogen-bond donors (Lipinski definition) is 1. The van der Waals surface area contributed by atoms with Gasteiger partial charge in [0.2, 0.25) is 11.8 Å². The molecule has 7 heteroatoms. The van der Waals surface area contributed by atoms with Crippen LogP contribution in [0.2, 0.25) is 0 Å². The Morgan fingerprint density at radius 1 is 1.26 bits per heavy atom. The van der Waals surface area contributed by atoms with Crippen molar-refractivity contribution in [2.24, 2.45) is 5.41 Å². The summed E-state index contributed by atoms with van der Waals surface area (Å²) in [6.45, 7) is 11.3. The number of nitrogens with one attached hydrogen (secondary N) is 1. The highest BCUT2D eigenvalue weighted by atomic mass is 16.5. The number of carbonyl (C=O) groups excluding carboxylic acids is 3. The smallest absolute Gasteiger partial charge is 0.255 e. The fourth-order valence-electron chi connectivity index (χ4n) is 4.79. The Morgan fingerprint density at radius 3 is 2.74 bits per heavy atom. The SMILES string of the molecule is CCC(C)N1CCC(C)(C)C(Oc2ccc3c(c2)CN(C2CCC(=O)NC2=O)C3=O)C1. The first kappa shape index (κ1) is 21.8. The van der Waals surface area contributed by atoms with E-state index in [4.69, 9.17) is 4.74 Å². The fourth-order valence-corrected chi connectivity index (χ4v) is 4.79. The van der Waals surface area contributed by atoms with Crippen LogP contribution in [0.25, 0.3) is 0 Å². The van der Waals surface area contributed by atoms with Crippen LogP contribution >= 0.6 is 0 Å². The van der Waals surface area contributed by atoms with Crippen molar-refractivity contribution in [2.45, 2.75) is 78.1 Å². The quantitative estimate of drug-likeness (QED) is 0.731. The lowest BCUT2D eigenvalue weighted by Gasteiger charge is -2.45. The Hall–Kier alpha value is -2.41. The van der Waals surface area contributed by atoms with Crippen molar-refractivity contribution in [1.82, 2.24) is 15.1 Å². The molecule has 1 N–H and O–H groups in total. The Kier molecular flexibility index (Phi) is 5.81. The number of ether oxygens (including phenoxy) is 1. The number of piperidine rings is 2. The lowest BCUT2D eigenvalue weighted by atomic mass is 9.79. The normalized spacial score (nSPS) is 27.1. The molecule has 0 radical (unpaired) electrons. The molecule has 1 aromatic carbocycles. The van der Waals surface area contributed by atoms with Crippen molar-refractivity contribution < 1.29 is 19.1 Å². The monoisotopic (exact) mass is 427 g/mol. The van der Waals surface area contributed by atoms with E-state index in [-0.39, 0.29) is 35.7 Å². The summed E-state index contributed by atoms with van der Waals surface area (Å²) < 4.78 is 6.48. The number of rotatable bonds is 5. The van der Waals surface area contributed by atoms with Gasteiger partial charge in [-0.25, -0.2) is 0 Å². The van der Waals surface area contributed by atoms with Crippen LogP contribution in [0.15, 0.2) is 18.2 Å². The Bertz CT molecular complexity index is 897. The lowest BCUT2D eigenvalue weighted by molar-refractivity contribution is -0.136.